The minimum absolute atomic E-state index is 0.165. The van der Waals surface area contributed by atoms with E-state index in [1.807, 2.05) is 63.2 Å². The van der Waals surface area contributed by atoms with Crippen molar-refractivity contribution < 1.29 is 4.79 Å². The molecule has 0 unspecified atom stereocenters. The van der Waals surface area contributed by atoms with Gasteiger partial charge in [0.25, 0.3) is 5.91 Å². The molecule has 0 aliphatic rings. The minimum atomic E-state index is -0.199. The number of nitrogens with one attached hydrogen (secondary N) is 1. The van der Waals surface area contributed by atoms with Gasteiger partial charge in [0, 0.05) is 5.69 Å². The quantitative estimate of drug-likeness (QED) is 0.681. The van der Waals surface area contributed by atoms with Crippen LogP contribution in [0.1, 0.15) is 23.9 Å². The Labute approximate surface area is 130 Å². The van der Waals surface area contributed by atoms with Gasteiger partial charge in [0.15, 0.2) is 0 Å². The number of rotatable bonds is 5. The average molecular weight is 296 g/mol. The Kier molecular flexibility index (Phi) is 5.25. The SMILES string of the molecule is CC(/C=N/NC(=O)Cn1nc(C)cc1C)=C\c1ccccc1. The molecule has 0 saturated heterocycles. The van der Waals surface area contributed by atoms with Gasteiger partial charge in [-0.05, 0) is 38.0 Å². The number of hydrazone groups is 1. The molecule has 0 spiro atoms. The second kappa shape index (κ2) is 7.36. The van der Waals surface area contributed by atoms with Gasteiger partial charge in [0.1, 0.15) is 6.54 Å². The molecular formula is C17H20N4O. The lowest BCUT2D eigenvalue weighted by Crippen LogP contribution is -2.24. The zero-order chi connectivity index (χ0) is 15.9. The molecule has 22 heavy (non-hydrogen) atoms. The summed E-state index contributed by atoms with van der Waals surface area (Å²) in [6.07, 6.45) is 3.63. The number of aromatic nitrogens is 2. The number of benzene rings is 1. The molecule has 1 aromatic carbocycles. The van der Waals surface area contributed by atoms with Crippen molar-refractivity contribution in [3.05, 3.63) is 58.9 Å². The van der Waals surface area contributed by atoms with E-state index in [2.05, 4.69) is 15.6 Å². The highest BCUT2D eigenvalue weighted by Crippen LogP contribution is 2.04. The zero-order valence-electron chi connectivity index (χ0n) is 13.1. The smallest absolute Gasteiger partial charge is 0.261 e. The van der Waals surface area contributed by atoms with E-state index in [4.69, 9.17) is 0 Å². The van der Waals surface area contributed by atoms with E-state index in [1.54, 1.807) is 10.9 Å². The van der Waals surface area contributed by atoms with Crippen LogP contribution < -0.4 is 5.43 Å². The van der Waals surface area contributed by atoms with Crippen molar-refractivity contribution in [3.63, 3.8) is 0 Å². The fraction of sp³-hybridized carbons (Fsp3) is 0.235. The van der Waals surface area contributed by atoms with Crippen LogP contribution in [0.25, 0.3) is 6.08 Å². The van der Waals surface area contributed by atoms with E-state index in [0.29, 0.717) is 0 Å². The van der Waals surface area contributed by atoms with Crippen LogP contribution in [0.3, 0.4) is 0 Å². The van der Waals surface area contributed by atoms with Gasteiger partial charge in [-0.1, -0.05) is 36.4 Å². The molecule has 2 rings (SSSR count). The van der Waals surface area contributed by atoms with Crippen LogP contribution in [-0.4, -0.2) is 21.9 Å². The van der Waals surface area contributed by atoms with Crippen molar-refractivity contribution in [1.82, 2.24) is 15.2 Å². The summed E-state index contributed by atoms with van der Waals surface area (Å²) in [5.74, 6) is -0.199. The van der Waals surface area contributed by atoms with Crippen molar-refractivity contribution >= 4 is 18.2 Å². The molecule has 1 amide bonds. The fourth-order valence-corrected chi connectivity index (χ4v) is 2.06. The van der Waals surface area contributed by atoms with E-state index >= 15 is 0 Å². The monoisotopic (exact) mass is 296 g/mol. The molecule has 0 aliphatic carbocycles. The first kappa shape index (κ1) is 15.7. The maximum Gasteiger partial charge on any atom is 0.261 e. The number of amides is 1. The molecule has 0 radical (unpaired) electrons. The molecule has 2 aromatic rings. The second-order valence-electron chi connectivity index (χ2n) is 5.18. The first-order valence-corrected chi connectivity index (χ1v) is 7.11. The first-order valence-electron chi connectivity index (χ1n) is 7.11. The topological polar surface area (TPSA) is 59.3 Å². The molecule has 0 saturated carbocycles. The Morgan fingerprint density at radius 1 is 1.32 bits per heavy atom. The highest BCUT2D eigenvalue weighted by molar-refractivity contribution is 5.86. The van der Waals surface area contributed by atoms with Crippen molar-refractivity contribution in [3.8, 4) is 0 Å². The molecule has 0 aliphatic heterocycles. The van der Waals surface area contributed by atoms with E-state index in [0.717, 1.165) is 22.5 Å². The summed E-state index contributed by atoms with van der Waals surface area (Å²) < 4.78 is 1.66. The van der Waals surface area contributed by atoms with Crippen LogP contribution in [0.15, 0.2) is 47.1 Å². The number of nitrogens with zero attached hydrogens (tertiary/aromatic N) is 3. The third kappa shape index (κ3) is 4.70. The molecular weight excluding hydrogens is 276 g/mol. The van der Waals surface area contributed by atoms with E-state index in [9.17, 15) is 4.79 Å². The van der Waals surface area contributed by atoms with Crippen LogP contribution in [0.5, 0.6) is 0 Å². The van der Waals surface area contributed by atoms with Gasteiger partial charge < -0.3 is 0 Å². The molecule has 0 bridgehead atoms. The summed E-state index contributed by atoms with van der Waals surface area (Å²) >= 11 is 0. The number of carbonyl (C=O) groups excluding carboxylic acids is 1. The van der Waals surface area contributed by atoms with Gasteiger partial charge in [-0.3, -0.25) is 9.48 Å². The van der Waals surface area contributed by atoms with Crippen LogP contribution >= 0.6 is 0 Å². The standard InChI is InChI=1S/C17H20N4O/c1-13(9-16-7-5-4-6-8-16)11-18-19-17(22)12-21-15(3)10-14(2)20-21/h4-11H,12H2,1-3H3,(H,19,22)/b13-9+,18-11+. The predicted octanol–water partition coefficient (Wildman–Crippen LogP) is 2.71. The Balaban J connectivity index is 1.88. The van der Waals surface area contributed by atoms with Gasteiger partial charge in [-0.15, -0.1) is 0 Å². The largest absolute Gasteiger partial charge is 0.271 e. The maximum absolute atomic E-state index is 11.8. The summed E-state index contributed by atoms with van der Waals surface area (Å²) in [4.78, 5) is 11.8. The molecule has 114 valence electrons. The lowest BCUT2D eigenvalue weighted by Gasteiger charge is -2.02. The fourth-order valence-electron chi connectivity index (χ4n) is 2.06. The number of carbonyl (C=O) groups is 1. The predicted molar refractivity (Wildman–Crippen MR) is 88.4 cm³/mol. The highest BCUT2D eigenvalue weighted by Gasteiger charge is 2.05. The van der Waals surface area contributed by atoms with Crippen molar-refractivity contribution in [2.75, 3.05) is 0 Å². The normalized spacial score (nSPS) is 11.9. The number of aryl methyl sites for hydroxylation is 2. The van der Waals surface area contributed by atoms with Gasteiger partial charge in [0.05, 0.1) is 11.9 Å². The summed E-state index contributed by atoms with van der Waals surface area (Å²) in [6, 6.07) is 11.9. The first-order chi connectivity index (χ1) is 10.5. The summed E-state index contributed by atoms with van der Waals surface area (Å²) in [7, 11) is 0. The third-order valence-electron chi connectivity index (χ3n) is 3.05. The van der Waals surface area contributed by atoms with Crippen LogP contribution in [0.2, 0.25) is 0 Å². The molecule has 1 heterocycles. The Morgan fingerprint density at radius 3 is 2.68 bits per heavy atom. The number of hydrogen-bond acceptors (Lipinski definition) is 3. The third-order valence-corrected chi connectivity index (χ3v) is 3.05. The lowest BCUT2D eigenvalue weighted by molar-refractivity contribution is -0.121. The average Bonchev–Trinajstić information content (AvgIpc) is 2.77. The van der Waals surface area contributed by atoms with Crippen LogP contribution in [0.4, 0.5) is 0 Å². The van der Waals surface area contributed by atoms with Gasteiger partial charge >= 0.3 is 0 Å². The number of allylic oxidation sites excluding steroid dienone is 1. The summed E-state index contributed by atoms with van der Waals surface area (Å²) in [5.41, 5.74) is 6.42. The molecule has 5 heteroatoms. The van der Waals surface area contributed by atoms with Gasteiger partial charge in [0.2, 0.25) is 0 Å². The van der Waals surface area contributed by atoms with E-state index in [1.165, 1.54) is 0 Å². The molecule has 1 N–H and O–H groups in total. The molecule has 0 atom stereocenters. The number of hydrogen-bond donors (Lipinski definition) is 1. The second-order valence-corrected chi connectivity index (χ2v) is 5.18. The minimum Gasteiger partial charge on any atom is -0.271 e. The van der Waals surface area contributed by atoms with Gasteiger partial charge in [-0.2, -0.15) is 10.2 Å². The Morgan fingerprint density at radius 2 is 2.05 bits per heavy atom. The van der Waals surface area contributed by atoms with E-state index in [-0.39, 0.29) is 12.5 Å². The molecule has 5 nitrogen and oxygen atoms in total. The summed E-state index contributed by atoms with van der Waals surface area (Å²) in [5, 5.41) is 8.21. The van der Waals surface area contributed by atoms with Crippen molar-refractivity contribution in [2.45, 2.75) is 27.3 Å². The Hall–Kier alpha value is -2.69. The zero-order valence-corrected chi connectivity index (χ0v) is 13.1. The van der Waals surface area contributed by atoms with Crippen molar-refractivity contribution in [2.24, 2.45) is 5.10 Å². The molecule has 0 fully saturated rings. The maximum atomic E-state index is 11.8. The lowest BCUT2D eigenvalue weighted by atomic mass is 10.1. The van der Waals surface area contributed by atoms with Crippen LogP contribution in [-0.2, 0) is 11.3 Å². The Bertz CT molecular complexity index is 699. The van der Waals surface area contributed by atoms with E-state index < -0.39 is 0 Å². The van der Waals surface area contributed by atoms with Gasteiger partial charge in [-0.25, -0.2) is 5.43 Å². The highest BCUT2D eigenvalue weighted by atomic mass is 16.2. The van der Waals surface area contributed by atoms with Crippen LogP contribution in [0, 0.1) is 13.8 Å². The molecule has 1 aromatic heterocycles. The van der Waals surface area contributed by atoms with Crippen molar-refractivity contribution in [1.29, 1.82) is 0 Å². The summed E-state index contributed by atoms with van der Waals surface area (Å²) in [6.45, 7) is 5.92.